The van der Waals surface area contributed by atoms with Crippen molar-refractivity contribution in [1.29, 1.82) is 0 Å². The smallest absolute Gasteiger partial charge is 0.270 e. The minimum absolute atomic E-state index is 0.0368. The standard InChI is InChI=1S/C25H23ClN4O2/c1-29(2)24(31)19-13-22(27-20-6-4-3-5-18(19)20)16-9-10-30(14-16)25(32)23-11-15-7-8-17(26)12-21(15)28-23/h3-8,11-13,16,28H,9-10,14H2,1-2H3/t16-/m1/s1. The van der Waals surface area contributed by atoms with Crippen molar-refractivity contribution in [2.24, 2.45) is 0 Å². The normalized spacial score (nSPS) is 16.1. The Labute approximate surface area is 190 Å². The van der Waals surface area contributed by atoms with Crippen LogP contribution in [0.15, 0.2) is 54.6 Å². The highest BCUT2D eigenvalue weighted by Gasteiger charge is 2.30. The number of hydrogen-bond donors (Lipinski definition) is 1. The minimum atomic E-state index is -0.0486. The predicted molar refractivity (Wildman–Crippen MR) is 126 cm³/mol. The van der Waals surface area contributed by atoms with Gasteiger partial charge in [0, 0.05) is 60.1 Å². The minimum Gasteiger partial charge on any atom is -0.350 e. The number of H-pyrrole nitrogens is 1. The lowest BCUT2D eigenvalue weighted by Gasteiger charge is -2.17. The monoisotopic (exact) mass is 446 g/mol. The molecule has 0 spiro atoms. The van der Waals surface area contributed by atoms with E-state index in [1.54, 1.807) is 19.0 Å². The van der Waals surface area contributed by atoms with Gasteiger partial charge in [0.2, 0.25) is 0 Å². The summed E-state index contributed by atoms with van der Waals surface area (Å²) in [5.74, 6) is -0.00573. The van der Waals surface area contributed by atoms with Crippen LogP contribution in [0.3, 0.4) is 0 Å². The number of benzene rings is 2. The number of para-hydroxylation sites is 1. The highest BCUT2D eigenvalue weighted by atomic mass is 35.5. The summed E-state index contributed by atoms with van der Waals surface area (Å²) >= 11 is 6.07. The van der Waals surface area contributed by atoms with Crippen LogP contribution in [-0.4, -0.2) is 58.8 Å². The molecular formula is C25H23ClN4O2. The van der Waals surface area contributed by atoms with Crippen LogP contribution in [0.5, 0.6) is 0 Å². The van der Waals surface area contributed by atoms with E-state index in [2.05, 4.69) is 4.98 Å². The Bertz CT molecular complexity index is 1360. The van der Waals surface area contributed by atoms with E-state index in [1.807, 2.05) is 59.5 Å². The van der Waals surface area contributed by atoms with Gasteiger partial charge in [-0.15, -0.1) is 0 Å². The number of fused-ring (bicyclic) bond motifs is 2. The van der Waals surface area contributed by atoms with Gasteiger partial charge in [-0.1, -0.05) is 35.9 Å². The number of nitrogens with zero attached hydrogens (tertiary/aromatic N) is 3. The van der Waals surface area contributed by atoms with Gasteiger partial charge in [-0.05, 0) is 36.8 Å². The number of carbonyl (C=O) groups excluding carboxylic acids is 2. The number of carbonyl (C=O) groups is 2. The first-order chi connectivity index (χ1) is 15.4. The van der Waals surface area contributed by atoms with Crippen molar-refractivity contribution < 1.29 is 9.59 Å². The number of aromatic amines is 1. The van der Waals surface area contributed by atoms with Crippen molar-refractivity contribution in [3.63, 3.8) is 0 Å². The first-order valence-corrected chi connectivity index (χ1v) is 11.0. The Hall–Kier alpha value is -3.38. The van der Waals surface area contributed by atoms with Gasteiger partial charge in [0.15, 0.2) is 0 Å². The maximum absolute atomic E-state index is 13.1. The van der Waals surface area contributed by atoms with Gasteiger partial charge in [-0.2, -0.15) is 0 Å². The SMILES string of the molecule is CN(C)C(=O)c1cc([C@@H]2CCN(C(=O)c3cc4ccc(Cl)cc4[nH]3)C2)nc2ccccc12. The molecular weight excluding hydrogens is 424 g/mol. The average Bonchev–Trinajstić information content (AvgIpc) is 3.44. The molecule has 4 aromatic rings. The molecule has 2 aromatic heterocycles. The Morgan fingerprint density at radius 1 is 1.12 bits per heavy atom. The fourth-order valence-corrected chi connectivity index (χ4v) is 4.57. The fraction of sp³-hybridized carbons (Fsp3) is 0.240. The second-order valence-corrected chi connectivity index (χ2v) is 8.90. The molecule has 0 bridgehead atoms. The Balaban J connectivity index is 1.43. The predicted octanol–water partition coefficient (Wildman–Crippen LogP) is 4.70. The molecule has 1 aliphatic heterocycles. The van der Waals surface area contributed by atoms with Gasteiger partial charge < -0.3 is 14.8 Å². The van der Waals surface area contributed by atoms with Crippen LogP contribution in [0.2, 0.25) is 5.02 Å². The number of hydrogen-bond acceptors (Lipinski definition) is 3. The van der Waals surface area contributed by atoms with Crippen LogP contribution in [-0.2, 0) is 0 Å². The molecule has 1 atom stereocenters. The van der Waals surface area contributed by atoms with Crippen molar-refractivity contribution in [2.45, 2.75) is 12.3 Å². The highest BCUT2D eigenvalue weighted by Crippen LogP contribution is 2.31. The van der Waals surface area contributed by atoms with Crippen molar-refractivity contribution in [3.05, 3.63) is 76.6 Å². The molecule has 2 aromatic carbocycles. The van der Waals surface area contributed by atoms with E-state index in [9.17, 15) is 9.59 Å². The first kappa shape index (κ1) is 20.5. The van der Waals surface area contributed by atoms with Crippen LogP contribution in [0.1, 0.15) is 38.9 Å². The van der Waals surface area contributed by atoms with Gasteiger partial charge in [-0.3, -0.25) is 14.6 Å². The third-order valence-electron chi connectivity index (χ3n) is 6.08. The molecule has 5 rings (SSSR count). The molecule has 7 heteroatoms. The summed E-state index contributed by atoms with van der Waals surface area (Å²) in [6.07, 6.45) is 0.804. The summed E-state index contributed by atoms with van der Waals surface area (Å²) in [5, 5.41) is 2.43. The number of amides is 2. The van der Waals surface area contributed by atoms with Crippen molar-refractivity contribution in [2.75, 3.05) is 27.2 Å². The third-order valence-corrected chi connectivity index (χ3v) is 6.32. The molecule has 1 N–H and O–H groups in total. The Morgan fingerprint density at radius 2 is 1.94 bits per heavy atom. The van der Waals surface area contributed by atoms with Crippen molar-refractivity contribution in [1.82, 2.24) is 19.8 Å². The lowest BCUT2D eigenvalue weighted by molar-refractivity contribution is 0.0784. The summed E-state index contributed by atoms with van der Waals surface area (Å²) in [4.78, 5) is 37.4. The Morgan fingerprint density at radius 3 is 2.75 bits per heavy atom. The van der Waals surface area contributed by atoms with Gasteiger partial charge in [0.25, 0.3) is 11.8 Å². The molecule has 0 saturated carbocycles. The molecule has 0 aliphatic carbocycles. The van der Waals surface area contributed by atoms with E-state index in [0.717, 1.165) is 33.9 Å². The van der Waals surface area contributed by atoms with Crippen LogP contribution >= 0.6 is 11.6 Å². The third kappa shape index (κ3) is 3.60. The number of pyridine rings is 1. The van der Waals surface area contributed by atoms with Crippen LogP contribution < -0.4 is 0 Å². The lowest BCUT2D eigenvalue weighted by Crippen LogP contribution is -2.28. The average molecular weight is 447 g/mol. The zero-order valence-corrected chi connectivity index (χ0v) is 18.7. The van der Waals surface area contributed by atoms with Gasteiger partial charge in [0.05, 0.1) is 11.1 Å². The lowest BCUT2D eigenvalue weighted by atomic mass is 9.99. The van der Waals surface area contributed by atoms with Gasteiger partial charge in [-0.25, -0.2) is 0 Å². The number of nitrogens with one attached hydrogen (secondary N) is 1. The topological polar surface area (TPSA) is 69.3 Å². The van der Waals surface area contributed by atoms with E-state index in [4.69, 9.17) is 16.6 Å². The molecule has 6 nitrogen and oxygen atoms in total. The first-order valence-electron chi connectivity index (χ1n) is 10.6. The van der Waals surface area contributed by atoms with Crippen molar-refractivity contribution in [3.8, 4) is 0 Å². The van der Waals surface area contributed by atoms with E-state index < -0.39 is 0 Å². The molecule has 0 radical (unpaired) electrons. The van der Waals surface area contributed by atoms with Crippen LogP contribution in [0.25, 0.3) is 21.8 Å². The van der Waals surface area contributed by atoms with Crippen molar-refractivity contribution >= 4 is 45.2 Å². The molecule has 1 fully saturated rings. The molecule has 3 heterocycles. The van der Waals surface area contributed by atoms with Gasteiger partial charge >= 0.3 is 0 Å². The highest BCUT2D eigenvalue weighted by molar-refractivity contribution is 6.31. The van der Waals surface area contributed by atoms with E-state index in [0.29, 0.717) is 29.4 Å². The largest absolute Gasteiger partial charge is 0.350 e. The second-order valence-electron chi connectivity index (χ2n) is 8.46. The fourth-order valence-electron chi connectivity index (χ4n) is 4.39. The van der Waals surface area contributed by atoms with E-state index >= 15 is 0 Å². The van der Waals surface area contributed by atoms with Crippen LogP contribution in [0, 0.1) is 0 Å². The quantitative estimate of drug-likeness (QED) is 0.496. The number of likely N-dealkylation sites (tertiary alicyclic amines) is 1. The summed E-state index contributed by atoms with van der Waals surface area (Å²) in [5.41, 5.74) is 3.70. The molecule has 0 unspecified atom stereocenters. The molecule has 1 saturated heterocycles. The summed E-state index contributed by atoms with van der Waals surface area (Å²) in [6, 6.07) is 17.0. The van der Waals surface area contributed by atoms with E-state index in [1.165, 1.54) is 0 Å². The summed E-state index contributed by atoms with van der Waals surface area (Å²) in [6.45, 7) is 1.21. The zero-order chi connectivity index (χ0) is 22.4. The zero-order valence-electron chi connectivity index (χ0n) is 17.9. The maximum Gasteiger partial charge on any atom is 0.270 e. The molecule has 162 valence electrons. The number of aromatic nitrogens is 2. The maximum atomic E-state index is 13.1. The molecule has 1 aliphatic rings. The number of rotatable bonds is 3. The van der Waals surface area contributed by atoms with E-state index in [-0.39, 0.29) is 17.7 Å². The number of halogens is 1. The summed E-state index contributed by atoms with van der Waals surface area (Å²) in [7, 11) is 3.50. The Kier molecular flexibility index (Phi) is 5.10. The molecule has 32 heavy (non-hydrogen) atoms. The molecule has 2 amide bonds. The van der Waals surface area contributed by atoms with Gasteiger partial charge in [0.1, 0.15) is 5.69 Å². The summed E-state index contributed by atoms with van der Waals surface area (Å²) < 4.78 is 0. The van der Waals surface area contributed by atoms with Crippen LogP contribution in [0.4, 0.5) is 0 Å². The second kappa shape index (κ2) is 7.95.